The standard InChI is InChI=1S/C21H30F3N5O2/c1-20(2,3)29-8-7-25-17(14-29)18(30)27-9-11-28(12-10-27)19(31)26-16-6-4-5-15(13-16)21(22,23)24/h4-6,13,17,25H,7-12,14H2,1-3H3,(H,26,31)/t17-/m1/s1. The Labute approximate surface area is 180 Å². The summed E-state index contributed by atoms with van der Waals surface area (Å²) < 4.78 is 38.6. The minimum Gasteiger partial charge on any atom is -0.338 e. The van der Waals surface area contributed by atoms with Crippen LogP contribution in [0.1, 0.15) is 26.3 Å². The fourth-order valence-corrected chi connectivity index (χ4v) is 3.85. The first-order chi connectivity index (χ1) is 14.4. The van der Waals surface area contributed by atoms with Gasteiger partial charge in [0.05, 0.1) is 11.6 Å². The zero-order chi connectivity index (χ0) is 22.8. The highest BCUT2D eigenvalue weighted by Crippen LogP contribution is 2.30. The van der Waals surface area contributed by atoms with Crippen molar-refractivity contribution in [3.63, 3.8) is 0 Å². The van der Waals surface area contributed by atoms with Crippen molar-refractivity contribution in [3.8, 4) is 0 Å². The zero-order valence-electron chi connectivity index (χ0n) is 18.1. The van der Waals surface area contributed by atoms with Crippen molar-refractivity contribution >= 4 is 17.6 Å². The Balaban J connectivity index is 1.52. The molecule has 2 heterocycles. The lowest BCUT2D eigenvalue weighted by Gasteiger charge is -2.43. The molecule has 10 heteroatoms. The summed E-state index contributed by atoms with van der Waals surface area (Å²) in [6.07, 6.45) is -4.47. The van der Waals surface area contributed by atoms with Gasteiger partial charge in [-0.15, -0.1) is 0 Å². The number of nitrogens with one attached hydrogen (secondary N) is 2. The molecule has 0 unspecified atom stereocenters. The summed E-state index contributed by atoms with van der Waals surface area (Å²) in [6, 6.07) is 3.79. The summed E-state index contributed by atoms with van der Waals surface area (Å²) >= 11 is 0. The average Bonchev–Trinajstić information content (AvgIpc) is 2.72. The van der Waals surface area contributed by atoms with Gasteiger partial charge in [0.15, 0.2) is 0 Å². The fourth-order valence-electron chi connectivity index (χ4n) is 3.85. The van der Waals surface area contributed by atoms with Crippen molar-refractivity contribution < 1.29 is 22.8 Å². The molecular weight excluding hydrogens is 411 g/mol. The first-order valence-corrected chi connectivity index (χ1v) is 10.5. The van der Waals surface area contributed by atoms with E-state index in [1.54, 1.807) is 4.90 Å². The van der Waals surface area contributed by atoms with Crippen molar-refractivity contribution in [3.05, 3.63) is 29.8 Å². The Bertz CT molecular complexity index is 801. The number of anilines is 1. The number of hydrogen-bond acceptors (Lipinski definition) is 4. The number of benzene rings is 1. The maximum absolute atomic E-state index is 12.9. The van der Waals surface area contributed by atoms with Crippen LogP contribution < -0.4 is 10.6 Å². The number of halogens is 3. The second-order valence-electron chi connectivity index (χ2n) is 8.94. The van der Waals surface area contributed by atoms with Gasteiger partial charge < -0.3 is 20.4 Å². The number of rotatable bonds is 2. The molecule has 2 saturated heterocycles. The van der Waals surface area contributed by atoms with Crippen LogP contribution in [-0.2, 0) is 11.0 Å². The summed E-state index contributed by atoms with van der Waals surface area (Å²) in [5.41, 5.74) is -0.738. The van der Waals surface area contributed by atoms with Gasteiger partial charge in [0.2, 0.25) is 5.91 Å². The van der Waals surface area contributed by atoms with Gasteiger partial charge in [-0.1, -0.05) is 6.07 Å². The molecule has 2 aliphatic rings. The summed E-state index contributed by atoms with van der Waals surface area (Å²) in [5.74, 6) is 0.0203. The Morgan fingerprint density at radius 3 is 2.29 bits per heavy atom. The highest BCUT2D eigenvalue weighted by atomic mass is 19.4. The number of piperazine rings is 2. The van der Waals surface area contributed by atoms with Crippen LogP contribution in [0.15, 0.2) is 24.3 Å². The van der Waals surface area contributed by atoms with E-state index < -0.39 is 17.8 Å². The highest BCUT2D eigenvalue weighted by molar-refractivity contribution is 5.90. The van der Waals surface area contributed by atoms with Crippen LogP contribution in [0.4, 0.5) is 23.7 Å². The van der Waals surface area contributed by atoms with Crippen LogP contribution >= 0.6 is 0 Å². The third-order valence-electron chi connectivity index (χ3n) is 5.74. The third kappa shape index (κ3) is 5.88. The second-order valence-corrected chi connectivity index (χ2v) is 8.94. The van der Waals surface area contributed by atoms with E-state index in [1.807, 2.05) is 0 Å². The van der Waals surface area contributed by atoms with E-state index in [4.69, 9.17) is 0 Å². The Kier molecular flexibility index (Phi) is 6.80. The molecule has 172 valence electrons. The molecular formula is C21H30F3N5O2. The molecule has 1 aromatic rings. The van der Waals surface area contributed by atoms with Crippen LogP contribution in [0.2, 0.25) is 0 Å². The average molecular weight is 441 g/mol. The predicted molar refractivity (Wildman–Crippen MR) is 112 cm³/mol. The third-order valence-corrected chi connectivity index (χ3v) is 5.74. The minimum atomic E-state index is -4.47. The number of urea groups is 1. The van der Waals surface area contributed by atoms with Gasteiger partial charge in [-0.25, -0.2) is 4.79 Å². The van der Waals surface area contributed by atoms with Gasteiger partial charge in [-0.3, -0.25) is 9.69 Å². The summed E-state index contributed by atoms with van der Waals surface area (Å²) in [4.78, 5) is 31.0. The Morgan fingerprint density at radius 2 is 1.68 bits per heavy atom. The van der Waals surface area contributed by atoms with E-state index in [9.17, 15) is 22.8 Å². The van der Waals surface area contributed by atoms with Gasteiger partial charge in [0, 0.05) is 57.0 Å². The molecule has 2 N–H and O–H groups in total. The quantitative estimate of drug-likeness (QED) is 0.740. The largest absolute Gasteiger partial charge is 0.416 e. The maximum Gasteiger partial charge on any atom is 0.416 e. The van der Waals surface area contributed by atoms with Crippen LogP contribution in [-0.4, -0.2) is 84.0 Å². The lowest BCUT2D eigenvalue weighted by molar-refractivity contribution is -0.138. The summed E-state index contributed by atoms with van der Waals surface area (Å²) in [7, 11) is 0. The number of hydrogen-bond donors (Lipinski definition) is 2. The SMILES string of the molecule is CC(C)(C)N1CCN[C@@H](C(=O)N2CCN(C(=O)Nc3cccc(C(F)(F)F)c3)CC2)C1. The topological polar surface area (TPSA) is 67.9 Å². The maximum atomic E-state index is 12.9. The lowest BCUT2D eigenvalue weighted by Crippen LogP contribution is -2.63. The van der Waals surface area contributed by atoms with E-state index >= 15 is 0 Å². The number of alkyl halides is 3. The van der Waals surface area contributed by atoms with E-state index in [-0.39, 0.29) is 23.2 Å². The van der Waals surface area contributed by atoms with Gasteiger partial charge in [-0.05, 0) is 39.0 Å². The first-order valence-electron chi connectivity index (χ1n) is 10.5. The van der Waals surface area contributed by atoms with E-state index in [2.05, 4.69) is 36.3 Å². The number of carbonyl (C=O) groups is 2. The number of carbonyl (C=O) groups excluding carboxylic acids is 2. The molecule has 0 saturated carbocycles. The molecule has 2 fully saturated rings. The van der Waals surface area contributed by atoms with E-state index in [0.29, 0.717) is 32.7 Å². The molecule has 0 aliphatic carbocycles. The fraction of sp³-hybridized carbons (Fsp3) is 0.619. The molecule has 1 aromatic carbocycles. The van der Waals surface area contributed by atoms with Crippen molar-refractivity contribution in [1.82, 2.24) is 20.0 Å². The molecule has 1 atom stereocenters. The summed E-state index contributed by atoms with van der Waals surface area (Å²) in [5, 5.41) is 5.80. The zero-order valence-corrected chi connectivity index (χ0v) is 18.1. The molecule has 0 aromatic heterocycles. The van der Waals surface area contributed by atoms with Crippen molar-refractivity contribution in [2.75, 3.05) is 51.1 Å². The van der Waals surface area contributed by atoms with Gasteiger partial charge >= 0.3 is 12.2 Å². The van der Waals surface area contributed by atoms with Gasteiger partial charge in [0.25, 0.3) is 0 Å². The smallest absolute Gasteiger partial charge is 0.338 e. The molecule has 31 heavy (non-hydrogen) atoms. The van der Waals surface area contributed by atoms with Crippen molar-refractivity contribution in [2.24, 2.45) is 0 Å². The van der Waals surface area contributed by atoms with Crippen LogP contribution in [0, 0.1) is 0 Å². The number of amides is 3. The Morgan fingerprint density at radius 1 is 1.03 bits per heavy atom. The molecule has 7 nitrogen and oxygen atoms in total. The Hall–Kier alpha value is -2.33. The minimum absolute atomic E-state index is 0.0131. The molecule has 3 rings (SSSR count). The molecule has 3 amide bonds. The van der Waals surface area contributed by atoms with Crippen LogP contribution in [0.25, 0.3) is 0 Å². The predicted octanol–water partition coefficient (Wildman–Crippen LogP) is 2.45. The molecule has 0 radical (unpaired) electrons. The molecule has 2 aliphatic heterocycles. The lowest BCUT2D eigenvalue weighted by atomic mass is 10.0. The van der Waals surface area contributed by atoms with Crippen molar-refractivity contribution in [2.45, 2.75) is 38.5 Å². The molecule has 0 spiro atoms. The van der Waals surface area contributed by atoms with E-state index in [1.165, 1.54) is 17.0 Å². The van der Waals surface area contributed by atoms with Crippen LogP contribution in [0.3, 0.4) is 0 Å². The molecule has 0 bridgehead atoms. The van der Waals surface area contributed by atoms with Gasteiger partial charge in [0.1, 0.15) is 0 Å². The van der Waals surface area contributed by atoms with Crippen LogP contribution in [0.5, 0.6) is 0 Å². The second kappa shape index (κ2) is 9.04. The highest BCUT2D eigenvalue weighted by Gasteiger charge is 2.35. The normalized spacial score (nSPS) is 21.2. The monoisotopic (exact) mass is 441 g/mol. The summed E-state index contributed by atoms with van der Waals surface area (Å²) in [6.45, 7) is 10.1. The number of nitrogens with zero attached hydrogens (tertiary/aromatic N) is 3. The first kappa shape index (κ1) is 23.3. The van der Waals surface area contributed by atoms with E-state index in [0.717, 1.165) is 25.2 Å². The van der Waals surface area contributed by atoms with Gasteiger partial charge in [-0.2, -0.15) is 13.2 Å². The van der Waals surface area contributed by atoms with Crippen molar-refractivity contribution in [1.29, 1.82) is 0 Å².